The van der Waals surface area contributed by atoms with Gasteiger partial charge in [0.15, 0.2) is 0 Å². The highest BCUT2D eigenvalue weighted by Crippen LogP contribution is 2.25. The molecular weight excluding hydrogens is 464 g/mol. The fraction of sp³-hybridized carbons (Fsp3) is 0.481. The summed E-state index contributed by atoms with van der Waals surface area (Å²) in [6, 6.07) is 13.2. The van der Waals surface area contributed by atoms with Crippen LogP contribution >= 0.6 is 11.6 Å². The molecular formula is C27H40ClN4O3+. The Bertz CT molecular complexity index is 977. The number of hydrogen-bond donors (Lipinski definition) is 4. The summed E-state index contributed by atoms with van der Waals surface area (Å²) in [7, 11) is 0. The standard InChI is InChI=1S/C27H39ClN4O3/c1-27(2,3)19-32(15-11-26(29)35,14-10-21-5-4-6-23(28)17-21)16-13-30-12-9-22-7-8-25(34)24(18-22)31-20-33/h4-8,17-18,20,30H,9-16,19H2,1-3H3,(H3-,29,31,33,34,35)/p+1. The summed E-state index contributed by atoms with van der Waals surface area (Å²) in [6.45, 7) is 11.6. The van der Waals surface area contributed by atoms with Crippen molar-refractivity contribution in [2.45, 2.75) is 40.0 Å². The molecule has 0 heterocycles. The first-order valence-electron chi connectivity index (χ1n) is 12.1. The number of halogens is 1. The lowest BCUT2D eigenvalue weighted by Gasteiger charge is -2.43. The van der Waals surface area contributed by atoms with Crippen LogP contribution in [-0.4, -0.2) is 61.2 Å². The third-order valence-corrected chi connectivity index (χ3v) is 6.27. The van der Waals surface area contributed by atoms with Gasteiger partial charge in [-0.2, -0.15) is 0 Å². The number of phenolic OH excluding ortho intramolecular Hbond substituents is 1. The average molecular weight is 504 g/mol. The molecule has 0 radical (unpaired) electrons. The third-order valence-electron chi connectivity index (χ3n) is 6.03. The lowest BCUT2D eigenvalue weighted by atomic mass is 9.93. The van der Waals surface area contributed by atoms with Crippen molar-refractivity contribution in [2.75, 3.05) is 44.6 Å². The van der Waals surface area contributed by atoms with Gasteiger partial charge in [-0.05, 0) is 48.4 Å². The summed E-state index contributed by atoms with van der Waals surface area (Å²) >= 11 is 6.20. The summed E-state index contributed by atoms with van der Waals surface area (Å²) in [5, 5.41) is 16.6. The number of carbonyl (C=O) groups excluding carboxylic acids is 2. The second-order valence-electron chi connectivity index (χ2n) is 10.4. The number of primary amides is 1. The first-order chi connectivity index (χ1) is 16.5. The Labute approximate surface area is 214 Å². The zero-order valence-corrected chi connectivity index (χ0v) is 21.9. The van der Waals surface area contributed by atoms with Gasteiger partial charge >= 0.3 is 0 Å². The Balaban J connectivity index is 2.04. The number of carbonyl (C=O) groups is 2. The lowest BCUT2D eigenvalue weighted by molar-refractivity contribution is -0.931. The van der Waals surface area contributed by atoms with Gasteiger partial charge in [-0.3, -0.25) is 9.59 Å². The molecule has 0 spiro atoms. The molecule has 2 rings (SSSR count). The first-order valence-corrected chi connectivity index (χ1v) is 12.5. The van der Waals surface area contributed by atoms with E-state index in [1.165, 1.54) is 5.56 Å². The highest BCUT2D eigenvalue weighted by atomic mass is 35.5. The van der Waals surface area contributed by atoms with Crippen LogP contribution in [0.2, 0.25) is 5.02 Å². The van der Waals surface area contributed by atoms with Gasteiger partial charge in [0.2, 0.25) is 12.3 Å². The summed E-state index contributed by atoms with van der Waals surface area (Å²) in [5.74, 6) is -0.226. The van der Waals surface area contributed by atoms with E-state index in [1.54, 1.807) is 12.1 Å². The van der Waals surface area contributed by atoms with E-state index in [2.05, 4.69) is 37.5 Å². The van der Waals surface area contributed by atoms with Crippen LogP contribution in [0.1, 0.15) is 38.3 Å². The van der Waals surface area contributed by atoms with Crippen molar-refractivity contribution in [3.8, 4) is 5.75 Å². The van der Waals surface area contributed by atoms with Crippen LogP contribution in [0.15, 0.2) is 42.5 Å². The zero-order chi connectivity index (χ0) is 25.9. The smallest absolute Gasteiger partial charge is 0.223 e. The molecule has 0 fully saturated rings. The predicted molar refractivity (Wildman–Crippen MR) is 143 cm³/mol. The number of benzene rings is 2. The number of nitrogens with one attached hydrogen (secondary N) is 2. The number of phenols is 1. The Hall–Kier alpha value is -2.61. The Morgan fingerprint density at radius 2 is 1.80 bits per heavy atom. The number of aromatic hydroxyl groups is 1. The Morgan fingerprint density at radius 3 is 2.46 bits per heavy atom. The van der Waals surface area contributed by atoms with Gasteiger partial charge < -0.3 is 26.0 Å². The minimum atomic E-state index is -0.274. The fourth-order valence-electron chi connectivity index (χ4n) is 4.58. The van der Waals surface area contributed by atoms with E-state index in [0.717, 1.165) is 60.6 Å². The number of nitrogens with zero attached hydrogens (tertiary/aromatic N) is 1. The van der Waals surface area contributed by atoms with Gasteiger partial charge in [0.1, 0.15) is 5.75 Å². The SMILES string of the molecule is CC(C)(C)C[N+](CCNCCc1ccc(O)c(NC=O)c1)(CCC(N)=O)CCc1cccc(Cl)c1. The van der Waals surface area contributed by atoms with Gasteiger partial charge in [-0.1, -0.05) is 50.6 Å². The van der Waals surface area contributed by atoms with Gasteiger partial charge in [-0.25, -0.2) is 0 Å². The van der Waals surface area contributed by atoms with Crippen molar-refractivity contribution in [1.82, 2.24) is 5.32 Å². The van der Waals surface area contributed by atoms with Crippen molar-refractivity contribution >= 4 is 29.6 Å². The van der Waals surface area contributed by atoms with Gasteiger partial charge in [0, 0.05) is 23.4 Å². The molecule has 5 N–H and O–H groups in total. The van der Waals surface area contributed by atoms with E-state index in [9.17, 15) is 14.7 Å². The van der Waals surface area contributed by atoms with Crippen LogP contribution in [-0.2, 0) is 22.4 Å². The van der Waals surface area contributed by atoms with Gasteiger partial charge in [-0.15, -0.1) is 0 Å². The molecule has 8 heteroatoms. The highest BCUT2D eigenvalue weighted by molar-refractivity contribution is 6.30. The molecule has 192 valence electrons. The van der Waals surface area contributed by atoms with E-state index in [1.807, 2.05) is 24.3 Å². The van der Waals surface area contributed by atoms with Crippen molar-refractivity contribution < 1.29 is 19.2 Å². The van der Waals surface area contributed by atoms with Crippen LogP contribution in [0.25, 0.3) is 0 Å². The molecule has 2 aromatic rings. The number of quaternary nitrogens is 1. The van der Waals surface area contributed by atoms with Crippen LogP contribution in [0.3, 0.4) is 0 Å². The van der Waals surface area contributed by atoms with Crippen molar-refractivity contribution in [3.63, 3.8) is 0 Å². The van der Waals surface area contributed by atoms with E-state index < -0.39 is 0 Å². The monoisotopic (exact) mass is 503 g/mol. The maximum absolute atomic E-state index is 11.7. The molecule has 2 amide bonds. The number of nitrogens with two attached hydrogens (primary N) is 1. The number of rotatable bonds is 15. The summed E-state index contributed by atoms with van der Waals surface area (Å²) in [6.07, 6.45) is 2.54. The normalized spacial score (nSPS) is 13.3. The van der Waals surface area contributed by atoms with E-state index in [0.29, 0.717) is 25.1 Å². The third kappa shape index (κ3) is 10.7. The van der Waals surface area contributed by atoms with Crippen molar-refractivity contribution in [3.05, 3.63) is 58.6 Å². The molecule has 0 aliphatic rings. The maximum Gasteiger partial charge on any atom is 0.223 e. The van der Waals surface area contributed by atoms with Gasteiger partial charge in [0.05, 0.1) is 38.3 Å². The Morgan fingerprint density at radius 1 is 1.06 bits per heavy atom. The average Bonchev–Trinajstić information content (AvgIpc) is 2.77. The molecule has 0 aliphatic carbocycles. The van der Waals surface area contributed by atoms with Crippen LogP contribution in [0, 0.1) is 5.41 Å². The van der Waals surface area contributed by atoms with Crippen molar-refractivity contribution in [2.24, 2.45) is 11.1 Å². The first kappa shape index (κ1) is 28.6. The number of amides is 2. The summed E-state index contributed by atoms with van der Waals surface area (Å²) in [4.78, 5) is 22.4. The molecule has 0 saturated carbocycles. The zero-order valence-electron chi connectivity index (χ0n) is 21.1. The molecule has 0 bridgehead atoms. The number of anilines is 1. The van der Waals surface area contributed by atoms with E-state index in [4.69, 9.17) is 17.3 Å². The second-order valence-corrected chi connectivity index (χ2v) is 10.9. The molecule has 35 heavy (non-hydrogen) atoms. The quantitative estimate of drug-likeness (QED) is 0.129. The minimum Gasteiger partial charge on any atom is -0.506 e. The molecule has 7 nitrogen and oxygen atoms in total. The minimum absolute atomic E-state index is 0.0484. The summed E-state index contributed by atoms with van der Waals surface area (Å²) < 4.78 is 0.790. The topological polar surface area (TPSA) is 104 Å². The summed E-state index contributed by atoms with van der Waals surface area (Å²) in [5.41, 5.74) is 8.25. The molecule has 0 aliphatic heterocycles. The maximum atomic E-state index is 11.7. The molecule has 0 aromatic heterocycles. The second kappa shape index (κ2) is 13.5. The largest absolute Gasteiger partial charge is 0.506 e. The van der Waals surface area contributed by atoms with Gasteiger partial charge in [0.25, 0.3) is 0 Å². The molecule has 2 aromatic carbocycles. The fourth-order valence-corrected chi connectivity index (χ4v) is 4.79. The van der Waals surface area contributed by atoms with Crippen LogP contribution in [0.5, 0.6) is 5.75 Å². The van der Waals surface area contributed by atoms with E-state index >= 15 is 0 Å². The highest BCUT2D eigenvalue weighted by Gasteiger charge is 2.32. The van der Waals surface area contributed by atoms with E-state index in [-0.39, 0.29) is 17.1 Å². The van der Waals surface area contributed by atoms with Crippen LogP contribution < -0.4 is 16.4 Å². The van der Waals surface area contributed by atoms with Crippen LogP contribution in [0.4, 0.5) is 5.69 Å². The Kier molecular flexibility index (Phi) is 11.0. The number of hydrogen-bond acceptors (Lipinski definition) is 4. The lowest BCUT2D eigenvalue weighted by Crippen LogP contribution is -2.57. The predicted octanol–water partition coefficient (Wildman–Crippen LogP) is 3.73. The van der Waals surface area contributed by atoms with Crippen molar-refractivity contribution in [1.29, 1.82) is 0 Å². The molecule has 0 saturated heterocycles. The molecule has 1 atom stereocenters. The molecule has 1 unspecified atom stereocenters.